The Labute approximate surface area is 483 Å². The first-order valence-electron chi connectivity index (χ1n) is 29.2. The molecule has 0 radical (unpaired) electrons. The molecule has 0 saturated carbocycles. The third-order valence-corrected chi connectivity index (χ3v) is 17.4. The van der Waals surface area contributed by atoms with Gasteiger partial charge in [0.25, 0.3) is 0 Å². The zero-order valence-electron chi connectivity index (χ0n) is 46.0. The molecule has 4 nitrogen and oxygen atoms in total. The quantitative estimate of drug-likeness (QED) is 0.148. The molecule has 0 N–H and O–H groups in total. The summed E-state index contributed by atoms with van der Waals surface area (Å²) in [6.45, 7) is 0.759. The van der Waals surface area contributed by atoms with Crippen molar-refractivity contribution in [1.29, 1.82) is 0 Å². The Kier molecular flexibility index (Phi) is 11.8. The molecule has 1 aliphatic heterocycles. The number of nitrogens with zero attached hydrogens (tertiary/aromatic N) is 4. The van der Waals surface area contributed by atoms with Crippen molar-refractivity contribution in [2.75, 3.05) is 11.4 Å². The molecule has 2 aliphatic rings. The molecule has 4 heteroatoms. The molecule has 0 spiro atoms. The van der Waals surface area contributed by atoms with Gasteiger partial charge in [0.15, 0.2) is 0 Å². The van der Waals surface area contributed by atoms with Gasteiger partial charge in [-0.05, 0) is 178 Å². The van der Waals surface area contributed by atoms with Crippen LogP contribution in [0.1, 0.15) is 36.1 Å². The number of hydrogen-bond acceptors (Lipinski definition) is 1. The normalized spacial score (nSPS) is 13.5. The SMILES string of the molecule is C1=CC(n2c3ccccc3c3cc4c5ccccc5n(-c5cccc(-c6cccc(-c7cccc(-c8cccc(-c9cccc(-n%10c%11c(c%12ccccc%12%10)Cc%10ccccc%10N(c%10ccccc%10)CC=C%11)c9)c8)c7)c6)c5)c4cc32)=CCCC1. The maximum absolute atomic E-state index is 2.48. The highest BCUT2D eigenvalue weighted by atomic mass is 15.1. The van der Waals surface area contributed by atoms with Crippen molar-refractivity contribution in [3.05, 3.63) is 302 Å². The van der Waals surface area contributed by atoms with Crippen molar-refractivity contribution in [2.24, 2.45) is 0 Å². The van der Waals surface area contributed by atoms with Gasteiger partial charge in [-0.25, -0.2) is 0 Å². The largest absolute Gasteiger partial charge is 0.337 e. The maximum atomic E-state index is 2.48. The highest BCUT2D eigenvalue weighted by Gasteiger charge is 2.23. The predicted octanol–water partition coefficient (Wildman–Crippen LogP) is 20.8. The van der Waals surface area contributed by atoms with Gasteiger partial charge in [-0.3, -0.25) is 0 Å². The molecule has 0 bridgehead atoms. The van der Waals surface area contributed by atoms with E-state index in [0.717, 1.165) is 37.2 Å². The first-order valence-corrected chi connectivity index (χ1v) is 29.2. The Bertz CT molecular complexity index is 4960. The molecule has 83 heavy (non-hydrogen) atoms. The molecule has 1 aliphatic carbocycles. The summed E-state index contributed by atoms with van der Waals surface area (Å²) in [6.07, 6.45) is 15.9. The summed E-state index contributed by atoms with van der Waals surface area (Å²) in [5.74, 6) is 0. The number of aromatic nitrogens is 3. The van der Waals surface area contributed by atoms with E-state index in [9.17, 15) is 0 Å². The molecule has 394 valence electrons. The van der Waals surface area contributed by atoms with Crippen molar-refractivity contribution in [1.82, 2.24) is 13.7 Å². The lowest BCUT2D eigenvalue weighted by Crippen LogP contribution is -2.18. The van der Waals surface area contributed by atoms with Gasteiger partial charge in [-0.1, -0.05) is 188 Å². The molecule has 0 amide bonds. The number of fused-ring (bicyclic) bond motifs is 10. The Morgan fingerprint density at radius 2 is 0.783 bits per heavy atom. The molecule has 3 aromatic heterocycles. The summed E-state index contributed by atoms with van der Waals surface area (Å²) in [7, 11) is 0. The van der Waals surface area contributed by atoms with Gasteiger partial charge in [-0.2, -0.15) is 0 Å². The second kappa shape index (κ2) is 20.3. The van der Waals surface area contributed by atoms with E-state index >= 15 is 0 Å². The fourth-order valence-corrected chi connectivity index (χ4v) is 13.5. The summed E-state index contributed by atoms with van der Waals surface area (Å²) < 4.78 is 7.43. The molecule has 16 rings (SSSR count). The Hall–Kier alpha value is -10.4. The number of anilines is 2. The van der Waals surface area contributed by atoms with Gasteiger partial charge >= 0.3 is 0 Å². The van der Waals surface area contributed by atoms with Gasteiger partial charge in [0.1, 0.15) is 0 Å². The molecular formula is C79H58N4. The third-order valence-electron chi connectivity index (χ3n) is 17.4. The Balaban J connectivity index is 0.729. The summed E-state index contributed by atoms with van der Waals surface area (Å²) >= 11 is 0. The van der Waals surface area contributed by atoms with Gasteiger partial charge in [0, 0.05) is 68.3 Å². The second-order valence-corrected chi connectivity index (χ2v) is 22.3. The van der Waals surface area contributed by atoms with E-state index in [1.54, 1.807) is 0 Å². The van der Waals surface area contributed by atoms with Crippen molar-refractivity contribution in [3.8, 4) is 55.9 Å². The van der Waals surface area contributed by atoms with E-state index < -0.39 is 0 Å². The molecule has 14 aromatic rings. The van der Waals surface area contributed by atoms with Crippen LogP contribution in [0.5, 0.6) is 0 Å². The average Bonchev–Trinajstić information content (AvgIpc) is 2.65. The number of allylic oxidation sites excluding steroid dienone is 4. The Morgan fingerprint density at radius 1 is 0.301 bits per heavy atom. The van der Waals surface area contributed by atoms with E-state index in [0.29, 0.717) is 0 Å². The number of rotatable bonds is 8. The molecule has 4 heterocycles. The number of benzene rings is 11. The van der Waals surface area contributed by atoms with Crippen LogP contribution in [0.25, 0.3) is 122 Å². The second-order valence-electron chi connectivity index (χ2n) is 22.3. The molecule has 0 fully saturated rings. The van der Waals surface area contributed by atoms with Crippen LogP contribution in [-0.4, -0.2) is 20.2 Å². The highest BCUT2D eigenvalue weighted by molar-refractivity contribution is 6.19. The van der Waals surface area contributed by atoms with E-state index in [1.807, 2.05) is 0 Å². The monoisotopic (exact) mass is 1060 g/mol. The smallest absolute Gasteiger partial charge is 0.0562 e. The van der Waals surface area contributed by atoms with Crippen LogP contribution >= 0.6 is 0 Å². The van der Waals surface area contributed by atoms with Gasteiger partial charge in [0.2, 0.25) is 0 Å². The first-order chi connectivity index (χ1) is 41.2. The number of hydrogen-bond donors (Lipinski definition) is 0. The number of para-hydroxylation sites is 5. The van der Waals surface area contributed by atoms with Crippen molar-refractivity contribution < 1.29 is 0 Å². The topological polar surface area (TPSA) is 18.0 Å². The van der Waals surface area contributed by atoms with Crippen LogP contribution in [0.2, 0.25) is 0 Å². The molecule has 0 saturated heterocycles. The standard InChI is InChI=1S/C79H58N4/c1-2-5-34-64(33-4-1)81-74-41-13-10-38-68(74)71-52-72-69-39-11-15-43-76(69)83(79(72)53-78(71)81)66-36-20-30-61(50-66)59-28-18-26-57(48-59)55-24-16-23-54(46-55)56-25-17-27-58(47-56)60-29-19-35-65(49-60)82-75-42-14-9-37-67(75)70-51-62-22-8-12-40-73(62)80(45-21-44-77(70)82)63-31-6-3-7-32-63/h3-4,6-44,46-50,52-53H,1-2,5,45,51H2. The Morgan fingerprint density at radius 3 is 1.41 bits per heavy atom. The van der Waals surface area contributed by atoms with Crippen LogP contribution in [-0.2, 0) is 6.42 Å². The zero-order valence-corrected chi connectivity index (χ0v) is 46.0. The van der Waals surface area contributed by atoms with Crippen LogP contribution in [0.4, 0.5) is 11.4 Å². The van der Waals surface area contributed by atoms with E-state index in [2.05, 4.69) is 310 Å². The minimum absolute atomic E-state index is 0.759. The molecular weight excluding hydrogens is 1000 g/mol. The fourth-order valence-electron chi connectivity index (χ4n) is 13.5. The van der Waals surface area contributed by atoms with Crippen molar-refractivity contribution in [3.63, 3.8) is 0 Å². The first kappa shape index (κ1) is 48.5. The third kappa shape index (κ3) is 8.44. The zero-order chi connectivity index (χ0) is 54.8. The van der Waals surface area contributed by atoms with Crippen LogP contribution in [0, 0.1) is 0 Å². The van der Waals surface area contributed by atoms with Crippen LogP contribution < -0.4 is 4.90 Å². The minimum Gasteiger partial charge on any atom is -0.337 e. The summed E-state index contributed by atoms with van der Waals surface area (Å²) in [5, 5.41) is 6.37. The molecule has 11 aromatic carbocycles. The average molecular weight is 1060 g/mol. The van der Waals surface area contributed by atoms with E-state index in [4.69, 9.17) is 0 Å². The van der Waals surface area contributed by atoms with Crippen LogP contribution in [0.3, 0.4) is 0 Å². The van der Waals surface area contributed by atoms with Gasteiger partial charge in [0.05, 0.1) is 33.3 Å². The maximum Gasteiger partial charge on any atom is 0.0562 e. The summed E-state index contributed by atoms with van der Waals surface area (Å²) in [6, 6.07) is 96.5. The highest BCUT2D eigenvalue weighted by Crippen LogP contribution is 2.43. The molecule has 0 unspecified atom stereocenters. The molecule has 0 atom stereocenters. The van der Waals surface area contributed by atoms with Gasteiger partial charge < -0.3 is 18.6 Å². The predicted molar refractivity (Wildman–Crippen MR) is 351 cm³/mol. The lowest BCUT2D eigenvalue weighted by Gasteiger charge is -2.26. The summed E-state index contributed by atoms with van der Waals surface area (Å²) in [4.78, 5) is 2.43. The van der Waals surface area contributed by atoms with Crippen molar-refractivity contribution >= 4 is 77.7 Å². The van der Waals surface area contributed by atoms with Crippen molar-refractivity contribution in [2.45, 2.75) is 25.7 Å². The summed E-state index contributed by atoms with van der Waals surface area (Å²) in [5.41, 5.74) is 25.4. The van der Waals surface area contributed by atoms with Gasteiger partial charge in [-0.15, -0.1) is 0 Å². The van der Waals surface area contributed by atoms with E-state index in [1.165, 1.54) is 139 Å². The minimum atomic E-state index is 0.759. The van der Waals surface area contributed by atoms with Crippen LogP contribution in [0.15, 0.2) is 285 Å². The van der Waals surface area contributed by atoms with E-state index in [-0.39, 0.29) is 0 Å². The lowest BCUT2D eigenvalue weighted by molar-refractivity contribution is 0.875. The lowest BCUT2D eigenvalue weighted by atomic mass is 9.94. The fraction of sp³-hybridized carbons (Fsp3) is 0.0633.